The van der Waals surface area contributed by atoms with E-state index in [1.165, 1.54) is 22.2 Å². The van der Waals surface area contributed by atoms with E-state index >= 15 is 0 Å². The van der Waals surface area contributed by atoms with Crippen LogP contribution in [0.5, 0.6) is 0 Å². The van der Waals surface area contributed by atoms with Crippen LogP contribution >= 0.6 is 0 Å². The molecular weight excluding hydrogens is 224 g/mol. The van der Waals surface area contributed by atoms with Crippen molar-refractivity contribution < 1.29 is 4.74 Å². The van der Waals surface area contributed by atoms with Gasteiger partial charge in [0.25, 0.3) is 0 Å². The van der Waals surface area contributed by atoms with Gasteiger partial charge in [0.05, 0.1) is 6.61 Å². The maximum absolute atomic E-state index is 5.60. The number of para-hydroxylation sites is 1. The number of hydrogen-bond donors (Lipinski definition) is 1. The maximum Gasteiger partial charge on any atom is 0.0740 e. The number of fused-ring (bicyclic) bond motifs is 1. The van der Waals surface area contributed by atoms with E-state index in [9.17, 15) is 0 Å². The molecule has 0 saturated carbocycles. The maximum atomic E-state index is 5.60. The molecule has 0 spiro atoms. The van der Waals surface area contributed by atoms with Gasteiger partial charge in [-0.1, -0.05) is 18.2 Å². The van der Waals surface area contributed by atoms with E-state index in [1.54, 1.807) is 0 Å². The first-order valence-electron chi connectivity index (χ1n) is 6.53. The van der Waals surface area contributed by atoms with E-state index in [2.05, 4.69) is 48.2 Å². The van der Waals surface area contributed by atoms with Gasteiger partial charge in [0, 0.05) is 41.7 Å². The lowest BCUT2D eigenvalue weighted by Gasteiger charge is -2.10. The first-order valence-corrected chi connectivity index (χ1v) is 6.53. The monoisotopic (exact) mass is 246 g/mol. The Labute approximate surface area is 109 Å². The van der Waals surface area contributed by atoms with Crippen LogP contribution < -0.4 is 0 Å². The molecule has 0 atom stereocenters. The van der Waals surface area contributed by atoms with Gasteiger partial charge < -0.3 is 14.6 Å². The van der Waals surface area contributed by atoms with Crippen molar-refractivity contribution in [1.29, 1.82) is 0 Å². The lowest BCUT2D eigenvalue weighted by Crippen LogP contribution is -2.16. The van der Waals surface area contributed by atoms with Gasteiger partial charge in [0.2, 0.25) is 0 Å². The standard InChI is InChI=1S/C15H22N2O/c1-4-18-11-13-12-7-5-6-8-14(12)16-15(13)9-10-17(2)3/h5-8,16H,4,9-11H2,1-3H3. The zero-order valence-electron chi connectivity index (χ0n) is 11.5. The van der Waals surface area contributed by atoms with Crippen molar-refractivity contribution in [1.82, 2.24) is 9.88 Å². The average Bonchev–Trinajstić information content (AvgIpc) is 2.71. The molecule has 0 radical (unpaired) electrons. The lowest BCUT2D eigenvalue weighted by molar-refractivity contribution is 0.134. The minimum absolute atomic E-state index is 0.698. The molecule has 0 amide bonds. The summed E-state index contributed by atoms with van der Waals surface area (Å²) in [6.45, 7) is 4.54. The van der Waals surface area contributed by atoms with Crippen molar-refractivity contribution in [2.24, 2.45) is 0 Å². The molecule has 0 aliphatic rings. The molecule has 0 unspecified atom stereocenters. The molecule has 2 aromatic rings. The summed E-state index contributed by atoms with van der Waals surface area (Å²) in [7, 11) is 4.20. The molecule has 3 heteroatoms. The predicted octanol–water partition coefficient (Wildman–Crippen LogP) is 2.81. The third kappa shape index (κ3) is 2.92. The summed E-state index contributed by atoms with van der Waals surface area (Å²) in [6, 6.07) is 8.45. The van der Waals surface area contributed by atoms with E-state index in [0.717, 1.165) is 19.6 Å². The normalized spacial score (nSPS) is 11.6. The number of nitrogens with zero attached hydrogens (tertiary/aromatic N) is 1. The Morgan fingerprint density at radius 1 is 1.22 bits per heavy atom. The lowest BCUT2D eigenvalue weighted by atomic mass is 10.1. The zero-order valence-corrected chi connectivity index (χ0v) is 11.5. The Kier molecular flexibility index (Phi) is 4.39. The van der Waals surface area contributed by atoms with Crippen LogP contribution in [-0.4, -0.2) is 37.1 Å². The second kappa shape index (κ2) is 6.03. The zero-order chi connectivity index (χ0) is 13.0. The van der Waals surface area contributed by atoms with Gasteiger partial charge in [0.1, 0.15) is 0 Å². The Balaban J connectivity index is 2.30. The third-order valence-corrected chi connectivity index (χ3v) is 3.16. The quantitative estimate of drug-likeness (QED) is 0.849. The van der Waals surface area contributed by atoms with Gasteiger partial charge in [-0.3, -0.25) is 0 Å². The Hall–Kier alpha value is -1.32. The Bertz CT molecular complexity index is 502. The van der Waals surface area contributed by atoms with Gasteiger partial charge in [-0.2, -0.15) is 0 Å². The first kappa shape index (κ1) is 13.1. The minimum atomic E-state index is 0.698. The molecule has 0 aliphatic carbocycles. The van der Waals surface area contributed by atoms with Gasteiger partial charge in [0.15, 0.2) is 0 Å². The van der Waals surface area contributed by atoms with E-state index in [4.69, 9.17) is 4.74 Å². The smallest absolute Gasteiger partial charge is 0.0740 e. The van der Waals surface area contributed by atoms with Crippen LogP contribution in [0.3, 0.4) is 0 Å². The van der Waals surface area contributed by atoms with Crippen LogP contribution in [0.1, 0.15) is 18.2 Å². The molecule has 1 heterocycles. The van der Waals surface area contributed by atoms with Crippen molar-refractivity contribution in [3.8, 4) is 0 Å². The fourth-order valence-electron chi connectivity index (χ4n) is 2.17. The molecule has 0 saturated heterocycles. The number of benzene rings is 1. The summed E-state index contributed by atoms with van der Waals surface area (Å²) in [4.78, 5) is 5.73. The molecule has 98 valence electrons. The van der Waals surface area contributed by atoms with E-state index in [-0.39, 0.29) is 0 Å². The summed E-state index contributed by atoms with van der Waals surface area (Å²) >= 11 is 0. The molecule has 3 nitrogen and oxygen atoms in total. The summed E-state index contributed by atoms with van der Waals surface area (Å²) < 4.78 is 5.60. The fourth-order valence-corrected chi connectivity index (χ4v) is 2.17. The molecule has 0 fully saturated rings. The van der Waals surface area contributed by atoms with Crippen molar-refractivity contribution in [3.63, 3.8) is 0 Å². The highest BCUT2D eigenvalue weighted by atomic mass is 16.5. The van der Waals surface area contributed by atoms with Crippen LogP contribution in [0.4, 0.5) is 0 Å². The highest BCUT2D eigenvalue weighted by Gasteiger charge is 2.11. The molecule has 18 heavy (non-hydrogen) atoms. The van der Waals surface area contributed by atoms with Crippen molar-refractivity contribution in [2.45, 2.75) is 20.0 Å². The Morgan fingerprint density at radius 3 is 2.72 bits per heavy atom. The molecule has 0 bridgehead atoms. The number of hydrogen-bond acceptors (Lipinski definition) is 2. The van der Waals surface area contributed by atoms with Gasteiger partial charge in [-0.15, -0.1) is 0 Å². The Morgan fingerprint density at radius 2 is 2.00 bits per heavy atom. The highest BCUT2D eigenvalue weighted by Crippen LogP contribution is 2.23. The first-order chi connectivity index (χ1) is 8.72. The largest absolute Gasteiger partial charge is 0.377 e. The number of aromatic amines is 1. The van der Waals surface area contributed by atoms with Gasteiger partial charge in [-0.25, -0.2) is 0 Å². The van der Waals surface area contributed by atoms with Crippen LogP contribution in [0.2, 0.25) is 0 Å². The number of aromatic nitrogens is 1. The number of ether oxygens (including phenoxy) is 1. The molecule has 2 rings (SSSR count). The van der Waals surface area contributed by atoms with Gasteiger partial charge >= 0.3 is 0 Å². The SMILES string of the molecule is CCOCc1c(CCN(C)C)[nH]c2ccccc12. The molecule has 1 aromatic heterocycles. The van der Waals surface area contributed by atoms with Crippen molar-refractivity contribution in [3.05, 3.63) is 35.5 Å². The fraction of sp³-hybridized carbons (Fsp3) is 0.467. The number of nitrogens with one attached hydrogen (secondary N) is 1. The topological polar surface area (TPSA) is 28.3 Å². The molecule has 1 aromatic carbocycles. The van der Waals surface area contributed by atoms with E-state index in [1.807, 2.05) is 6.92 Å². The van der Waals surface area contributed by atoms with Crippen molar-refractivity contribution in [2.75, 3.05) is 27.2 Å². The second-order valence-electron chi connectivity index (χ2n) is 4.82. The minimum Gasteiger partial charge on any atom is -0.377 e. The molecular formula is C15H22N2O. The summed E-state index contributed by atoms with van der Waals surface area (Å²) in [5.74, 6) is 0. The van der Waals surface area contributed by atoms with E-state index in [0.29, 0.717) is 6.61 Å². The predicted molar refractivity (Wildman–Crippen MR) is 75.9 cm³/mol. The van der Waals surface area contributed by atoms with Crippen molar-refractivity contribution >= 4 is 10.9 Å². The number of H-pyrrole nitrogens is 1. The molecule has 1 N–H and O–H groups in total. The molecule has 0 aliphatic heterocycles. The highest BCUT2D eigenvalue weighted by molar-refractivity contribution is 5.84. The van der Waals surface area contributed by atoms with Crippen LogP contribution in [0.25, 0.3) is 10.9 Å². The second-order valence-corrected chi connectivity index (χ2v) is 4.82. The number of rotatable bonds is 6. The van der Waals surface area contributed by atoms with Crippen LogP contribution in [0, 0.1) is 0 Å². The average molecular weight is 246 g/mol. The van der Waals surface area contributed by atoms with Crippen LogP contribution in [-0.2, 0) is 17.8 Å². The van der Waals surface area contributed by atoms with E-state index < -0.39 is 0 Å². The third-order valence-electron chi connectivity index (χ3n) is 3.16. The number of likely N-dealkylation sites (N-methyl/N-ethyl adjacent to an activating group) is 1. The summed E-state index contributed by atoms with van der Waals surface area (Å²) in [6.07, 6.45) is 1.03. The summed E-state index contributed by atoms with van der Waals surface area (Å²) in [5.41, 5.74) is 3.83. The van der Waals surface area contributed by atoms with Gasteiger partial charge in [-0.05, 0) is 27.1 Å². The van der Waals surface area contributed by atoms with Crippen LogP contribution in [0.15, 0.2) is 24.3 Å². The summed E-state index contributed by atoms with van der Waals surface area (Å²) in [5, 5.41) is 1.29.